The standard InChI is InChI=1S/C10H15As/c1-3-8-6-5-7-10(11)9(8)4-2/h5-7H,3-4,11H2,1-2H3. The van der Waals surface area contributed by atoms with Crippen molar-refractivity contribution >= 4 is 21.2 Å². The van der Waals surface area contributed by atoms with E-state index in [0.717, 1.165) is 0 Å². The molecule has 0 radical (unpaired) electrons. The zero-order chi connectivity index (χ0) is 8.27. The van der Waals surface area contributed by atoms with E-state index in [-0.39, 0.29) is 0 Å². The summed E-state index contributed by atoms with van der Waals surface area (Å²) >= 11 is 1.74. The molecule has 0 aromatic heterocycles. The second kappa shape index (κ2) is 3.97. The molecule has 0 saturated carbocycles. The van der Waals surface area contributed by atoms with Gasteiger partial charge in [0.25, 0.3) is 0 Å². The van der Waals surface area contributed by atoms with Gasteiger partial charge in [0, 0.05) is 0 Å². The molecule has 0 aliphatic carbocycles. The predicted molar refractivity (Wildman–Crippen MR) is 53.4 cm³/mol. The van der Waals surface area contributed by atoms with Crippen LogP contribution in [0.25, 0.3) is 0 Å². The van der Waals surface area contributed by atoms with E-state index in [0.29, 0.717) is 0 Å². The zero-order valence-electron chi connectivity index (χ0n) is 7.22. The van der Waals surface area contributed by atoms with Crippen molar-refractivity contribution in [3.05, 3.63) is 29.3 Å². The van der Waals surface area contributed by atoms with Crippen molar-refractivity contribution in [3.63, 3.8) is 0 Å². The molecule has 0 N–H and O–H groups in total. The maximum absolute atomic E-state index is 2.24. The van der Waals surface area contributed by atoms with Crippen LogP contribution in [-0.2, 0) is 12.8 Å². The van der Waals surface area contributed by atoms with Crippen LogP contribution < -0.4 is 4.35 Å². The van der Waals surface area contributed by atoms with E-state index in [2.05, 4.69) is 32.0 Å². The Morgan fingerprint density at radius 1 is 1.18 bits per heavy atom. The summed E-state index contributed by atoms with van der Waals surface area (Å²) in [6, 6.07) is 6.62. The van der Waals surface area contributed by atoms with Crippen LogP contribution in [0.3, 0.4) is 0 Å². The van der Waals surface area contributed by atoms with E-state index in [9.17, 15) is 0 Å². The van der Waals surface area contributed by atoms with Crippen LogP contribution in [-0.4, -0.2) is 16.9 Å². The molecule has 1 heteroatoms. The van der Waals surface area contributed by atoms with Gasteiger partial charge in [-0.3, -0.25) is 0 Å². The summed E-state index contributed by atoms with van der Waals surface area (Å²) < 4.78 is 1.50. The van der Waals surface area contributed by atoms with Crippen LogP contribution >= 0.6 is 0 Å². The number of benzene rings is 1. The van der Waals surface area contributed by atoms with Crippen molar-refractivity contribution in [1.29, 1.82) is 0 Å². The number of hydrogen-bond acceptors (Lipinski definition) is 0. The Balaban J connectivity index is 3.13. The van der Waals surface area contributed by atoms with E-state index in [4.69, 9.17) is 0 Å². The first-order chi connectivity index (χ1) is 5.29. The molecule has 0 aliphatic rings. The number of rotatable bonds is 2. The van der Waals surface area contributed by atoms with Gasteiger partial charge in [-0.2, -0.15) is 0 Å². The molecule has 0 fully saturated rings. The van der Waals surface area contributed by atoms with Gasteiger partial charge in [-0.25, -0.2) is 0 Å². The van der Waals surface area contributed by atoms with Gasteiger partial charge in [0.2, 0.25) is 0 Å². The molecule has 0 heterocycles. The van der Waals surface area contributed by atoms with Gasteiger partial charge < -0.3 is 0 Å². The molecular weight excluding hydrogens is 195 g/mol. The molecule has 0 nitrogen and oxygen atoms in total. The molecular formula is C10H15As. The van der Waals surface area contributed by atoms with E-state index in [1.807, 2.05) is 0 Å². The Morgan fingerprint density at radius 3 is 2.36 bits per heavy atom. The average molecular weight is 210 g/mol. The quantitative estimate of drug-likeness (QED) is 0.640. The van der Waals surface area contributed by atoms with Crippen LogP contribution in [0, 0.1) is 0 Å². The molecule has 0 amide bonds. The Bertz CT molecular complexity index is 241. The molecule has 0 bridgehead atoms. The minimum absolute atomic E-state index is 1.17. The van der Waals surface area contributed by atoms with Crippen LogP contribution in [0.2, 0.25) is 0 Å². The van der Waals surface area contributed by atoms with Gasteiger partial charge in [-0.15, -0.1) is 0 Å². The molecule has 1 aromatic carbocycles. The van der Waals surface area contributed by atoms with Crippen LogP contribution in [0.1, 0.15) is 25.0 Å². The van der Waals surface area contributed by atoms with Crippen molar-refractivity contribution in [1.82, 2.24) is 0 Å². The molecule has 1 aromatic rings. The fourth-order valence-corrected chi connectivity index (χ4v) is 2.47. The van der Waals surface area contributed by atoms with Gasteiger partial charge in [0.15, 0.2) is 0 Å². The maximum atomic E-state index is 2.24. The zero-order valence-corrected chi connectivity index (χ0v) is 9.65. The molecule has 1 unspecified atom stereocenters. The first-order valence-corrected chi connectivity index (χ1v) is 5.37. The van der Waals surface area contributed by atoms with Gasteiger partial charge >= 0.3 is 77.2 Å². The van der Waals surface area contributed by atoms with Crippen molar-refractivity contribution < 1.29 is 0 Å². The molecule has 0 spiro atoms. The second-order valence-electron chi connectivity index (χ2n) is 2.69. The van der Waals surface area contributed by atoms with Crippen molar-refractivity contribution in [2.24, 2.45) is 0 Å². The van der Waals surface area contributed by atoms with E-state index in [1.54, 1.807) is 22.4 Å². The molecule has 0 saturated heterocycles. The summed E-state index contributed by atoms with van der Waals surface area (Å²) in [6.45, 7) is 4.46. The van der Waals surface area contributed by atoms with E-state index < -0.39 is 0 Å². The van der Waals surface area contributed by atoms with Gasteiger partial charge in [-0.1, -0.05) is 0 Å². The van der Waals surface area contributed by atoms with Crippen molar-refractivity contribution in [2.45, 2.75) is 26.7 Å². The van der Waals surface area contributed by atoms with Gasteiger partial charge in [0.1, 0.15) is 0 Å². The first-order valence-electron chi connectivity index (χ1n) is 4.15. The third-order valence-corrected chi connectivity index (χ3v) is 3.18. The number of aryl methyl sites for hydroxylation is 1. The topological polar surface area (TPSA) is 0 Å². The summed E-state index contributed by atoms with van der Waals surface area (Å²) in [7, 11) is 0. The van der Waals surface area contributed by atoms with Crippen LogP contribution in [0.5, 0.6) is 0 Å². The van der Waals surface area contributed by atoms with Crippen LogP contribution in [0.15, 0.2) is 18.2 Å². The SMILES string of the molecule is CCc1cccc([AsH2])c1CC. The molecule has 60 valence electrons. The Hall–Kier alpha value is -0.222. The average Bonchev–Trinajstić information content (AvgIpc) is 2.04. The Kier molecular flexibility index (Phi) is 3.20. The Morgan fingerprint density at radius 2 is 1.91 bits per heavy atom. The first kappa shape index (κ1) is 8.87. The molecule has 1 rings (SSSR count). The third-order valence-electron chi connectivity index (χ3n) is 2.04. The summed E-state index contributed by atoms with van der Waals surface area (Å²) in [5.74, 6) is 0. The summed E-state index contributed by atoms with van der Waals surface area (Å²) in [5.41, 5.74) is 3.09. The fourth-order valence-electron chi connectivity index (χ4n) is 1.42. The number of hydrogen-bond donors (Lipinski definition) is 0. The van der Waals surface area contributed by atoms with Gasteiger partial charge in [0.05, 0.1) is 0 Å². The monoisotopic (exact) mass is 210 g/mol. The van der Waals surface area contributed by atoms with E-state index >= 15 is 0 Å². The van der Waals surface area contributed by atoms with E-state index in [1.165, 1.54) is 22.8 Å². The van der Waals surface area contributed by atoms with Gasteiger partial charge in [-0.05, 0) is 0 Å². The summed E-state index contributed by atoms with van der Waals surface area (Å²) in [5, 5.41) is 0. The third kappa shape index (κ3) is 1.87. The second-order valence-corrected chi connectivity index (χ2v) is 4.00. The van der Waals surface area contributed by atoms with Crippen molar-refractivity contribution in [3.8, 4) is 0 Å². The van der Waals surface area contributed by atoms with Crippen molar-refractivity contribution in [2.75, 3.05) is 0 Å². The fraction of sp³-hybridized carbons (Fsp3) is 0.400. The molecule has 1 atom stereocenters. The summed E-state index contributed by atoms with van der Waals surface area (Å²) in [4.78, 5) is 0. The molecule has 0 aliphatic heterocycles. The summed E-state index contributed by atoms with van der Waals surface area (Å²) in [6.07, 6.45) is 2.35. The molecule has 11 heavy (non-hydrogen) atoms. The minimum atomic E-state index is 1.17. The Labute approximate surface area is 77.5 Å². The normalized spacial score (nSPS) is 10.1. The predicted octanol–water partition coefficient (Wildman–Crippen LogP) is 1.07. The van der Waals surface area contributed by atoms with Crippen LogP contribution in [0.4, 0.5) is 0 Å².